The summed E-state index contributed by atoms with van der Waals surface area (Å²) >= 11 is 0. The molecular weight excluding hydrogens is 314 g/mol. The number of ether oxygens (including phenoxy) is 1. The van der Waals surface area contributed by atoms with Gasteiger partial charge in [0.05, 0.1) is 18.9 Å². The van der Waals surface area contributed by atoms with E-state index in [1.54, 1.807) is 6.20 Å². The Balaban J connectivity index is 1.42. The van der Waals surface area contributed by atoms with Crippen LogP contribution in [0.4, 0.5) is 0 Å². The van der Waals surface area contributed by atoms with Crippen molar-refractivity contribution in [2.24, 2.45) is 18.4 Å². The predicted octanol–water partition coefficient (Wildman–Crippen LogP) is 2.88. The van der Waals surface area contributed by atoms with E-state index in [4.69, 9.17) is 4.74 Å². The van der Waals surface area contributed by atoms with E-state index in [1.807, 2.05) is 53.0 Å². The maximum Gasteiger partial charge on any atom is 0.270 e. The van der Waals surface area contributed by atoms with E-state index in [-0.39, 0.29) is 11.3 Å². The van der Waals surface area contributed by atoms with Crippen LogP contribution < -0.4 is 0 Å². The Labute approximate surface area is 148 Å². The molecule has 0 N–H and O–H groups in total. The molecule has 1 saturated heterocycles. The average molecular weight is 339 g/mol. The Bertz CT molecular complexity index is 742. The first-order chi connectivity index (χ1) is 12.2. The van der Waals surface area contributed by atoms with Crippen molar-refractivity contribution in [2.45, 2.75) is 25.9 Å². The first kappa shape index (κ1) is 16.3. The maximum atomic E-state index is 12.9. The normalized spacial score (nSPS) is 25.3. The molecule has 2 atom stereocenters. The Kier molecular flexibility index (Phi) is 4.34. The summed E-state index contributed by atoms with van der Waals surface area (Å²) < 4.78 is 7.95. The average Bonchev–Trinajstić information content (AvgIpc) is 3.29. The Morgan fingerprint density at radius 3 is 3.04 bits per heavy atom. The van der Waals surface area contributed by atoms with Gasteiger partial charge in [-0.25, -0.2) is 0 Å². The highest BCUT2D eigenvalue weighted by Crippen LogP contribution is 2.49. The summed E-state index contributed by atoms with van der Waals surface area (Å²) in [4.78, 5) is 19.2. The van der Waals surface area contributed by atoms with Crippen molar-refractivity contribution in [1.82, 2.24) is 14.5 Å². The van der Waals surface area contributed by atoms with Gasteiger partial charge in [0.15, 0.2) is 0 Å². The Morgan fingerprint density at radius 2 is 2.28 bits per heavy atom. The van der Waals surface area contributed by atoms with E-state index in [0.29, 0.717) is 19.1 Å². The number of pyridine rings is 1. The molecule has 2 aliphatic rings. The summed E-state index contributed by atoms with van der Waals surface area (Å²) in [6.07, 6.45) is 7.31. The lowest BCUT2D eigenvalue weighted by Crippen LogP contribution is -2.35. The zero-order chi connectivity index (χ0) is 17.3. The fraction of sp³-hybridized carbons (Fsp3) is 0.500. The Morgan fingerprint density at radius 1 is 1.36 bits per heavy atom. The van der Waals surface area contributed by atoms with Gasteiger partial charge < -0.3 is 14.2 Å². The number of likely N-dealkylation sites (tertiary alicyclic amines) is 1. The first-order valence-corrected chi connectivity index (χ1v) is 9.06. The van der Waals surface area contributed by atoms with Crippen molar-refractivity contribution in [3.8, 4) is 0 Å². The largest absolute Gasteiger partial charge is 0.375 e. The van der Waals surface area contributed by atoms with Crippen molar-refractivity contribution in [3.63, 3.8) is 0 Å². The van der Waals surface area contributed by atoms with Crippen molar-refractivity contribution in [2.75, 3.05) is 19.7 Å². The minimum atomic E-state index is 0.121. The van der Waals surface area contributed by atoms with Crippen LogP contribution in [-0.2, 0) is 18.4 Å². The van der Waals surface area contributed by atoms with Crippen LogP contribution in [0.3, 0.4) is 0 Å². The molecule has 1 amide bonds. The molecule has 1 aliphatic heterocycles. The molecule has 1 aliphatic carbocycles. The SMILES string of the molecule is Cn1cccc1C(=O)N1C[C@H]2CCC[C@@]2(COCc2ccccn2)C1. The lowest BCUT2D eigenvalue weighted by Gasteiger charge is -2.28. The number of nitrogens with zero attached hydrogens (tertiary/aromatic N) is 3. The minimum Gasteiger partial charge on any atom is -0.375 e. The molecule has 2 fully saturated rings. The molecule has 5 heteroatoms. The second-order valence-corrected chi connectivity index (χ2v) is 7.46. The molecule has 0 unspecified atom stereocenters. The van der Waals surface area contributed by atoms with Crippen molar-refractivity contribution >= 4 is 5.91 Å². The van der Waals surface area contributed by atoms with E-state index in [0.717, 1.165) is 30.9 Å². The standard InChI is InChI=1S/C20H25N3O2/c1-22-11-5-8-18(22)19(24)23-12-16-6-4-9-20(16,14-23)15-25-13-17-7-2-3-10-21-17/h2-3,5,7-8,10-11,16H,4,6,9,12-15H2,1H3/t16-,20+/m1/s1. The number of hydrogen-bond donors (Lipinski definition) is 0. The number of hydrogen-bond acceptors (Lipinski definition) is 3. The molecule has 132 valence electrons. The fourth-order valence-corrected chi connectivity index (χ4v) is 4.49. The lowest BCUT2D eigenvalue weighted by atomic mass is 9.81. The summed E-state index contributed by atoms with van der Waals surface area (Å²) in [6, 6.07) is 9.72. The molecule has 2 aromatic rings. The second-order valence-electron chi connectivity index (χ2n) is 7.46. The van der Waals surface area contributed by atoms with Crippen LogP contribution in [0, 0.1) is 11.3 Å². The van der Waals surface area contributed by atoms with Gasteiger partial charge in [0.1, 0.15) is 5.69 Å². The quantitative estimate of drug-likeness (QED) is 0.841. The molecular formula is C20H25N3O2. The maximum absolute atomic E-state index is 12.9. The molecule has 0 aromatic carbocycles. The van der Waals surface area contributed by atoms with E-state index < -0.39 is 0 Å². The van der Waals surface area contributed by atoms with Crippen LogP contribution in [0.1, 0.15) is 35.4 Å². The van der Waals surface area contributed by atoms with Gasteiger partial charge in [0, 0.05) is 37.9 Å². The van der Waals surface area contributed by atoms with Gasteiger partial charge in [-0.15, -0.1) is 0 Å². The van der Waals surface area contributed by atoms with E-state index >= 15 is 0 Å². The molecule has 0 bridgehead atoms. The minimum absolute atomic E-state index is 0.121. The smallest absolute Gasteiger partial charge is 0.270 e. The number of amides is 1. The molecule has 3 heterocycles. The Hall–Kier alpha value is -2.14. The van der Waals surface area contributed by atoms with Gasteiger partial charge in [-0.1, -0.05) is 12.5 Å². The van der Waals surface area contributed by atoms with Crippen LogP contribution in [0.2, 0.25) is 0 Å². The van der Waals surface area contributed by atoms with E-state index in [2.05, 4.69) is 4.98 Å². The first-order valence-electron chi connectivity index (χ1n) is 9.06. The van der Waals surface area contributed by atoms with Crippen LogP contribution >= 0.6 is 0 Å². The van der Waals surface area contributed by atoms with Crippen molar-refractivity contribution in [3.05, 3.63) is 54.1 Å². The number of carbonyl (C=O) groups excluding carboxylic acids is 1. The van der Waals surface area contributed by atoms with Crippen LogP contribution in [0.15, 0.2) is 42.7 Å². The van der Waals surface area contributed by atoms with Crippen LogP contribution in [0.25, 0.3) is 0 Å². The highest BCUT2D eigenvalue weighted by atomic mass is 16.5. The fourth-order valence-electron chi connectivity index (χ4n) is 4.49. The van der Waals surface area contributed by atoms with Gasteiger partial charge in [-0.05, 0) is 43.0 Å². The number of aryl methyl sites for hydroxylation is 1. The number of carbonyl (C=O) groups is 1. The lowest BCUT2D eigenvalue weighted by molar-refractivity contribution is 0.0251. The zero-order valence-electron chi connectivity index (χ0n) is 14.7. The number of rotatable bonds is 5. The molecule has 2 aromatic heterocycles. The van der Waals surface area contributed by atoms with Crippen LogP contribution in [0.5, 0.6) is 0 Å². The highest BCUT2D eigenvalue weighted by molar-refractivity contribution is 5.93. The van der Waals surface area contributed by atoms with Gasteiger partial charge in [-0.3, -0.25) is 9.78 Å². The van der Waals surface area contributed by atoms with Crippen LogP contribution in [-0.4, -0.2) is 40.1 Å². The summed E-state index contributed by atoms with van der Waals surface area (Å²) in [5.74, 6) is 0.700. The third-order valence-corrected chi connectivity index (χ3v) is 5.86. The highest BCUT2D eigenvalue weighted by Gasteiger charge is 2.50. The second kappa shape index (κ2) is 6.64. The van der Waals surface area contributed by atoms with Crippen molar-refractivity contribution in [1.29, 1.82) is 0 Å². The van der Waals surface area contributed by atoms with Gasteiger partial charge >= 0.3 is 0 Å². The zero-order valence-corrected chi connectivity index (χ0v) is 14.7. The number of aromatic nitrogens is 2. The monoisotopic (exact) mass is 339 g/mol. The van der Waals surface area contributed by atoms with Crippen molar-refractivity contribution < 1.29 is 9.53 Å². The summed E-state index contributed by atoms with van der Waals surface area (Å²) in [6.45, 7) is 2.92. The third-order valence-electron chi connectivity index (χ3n) is 5.86. The summed E-state index contributed by atoms with van der Waals surface area (Å²) in [5, 5.41) is 0. The van der Waals surface area contributed by atoms with Gasteiger partial charge in [0.25, 0.3) is 5.91 Å². The summed E-state index contributed by atoms with van der Waals surface area (Å²) in [5.41, 5.74) is 1.85. The van der Waals surface area contributed by atoms with E-state index in [9.17, 15) is 4.79 Å². The van der Waals surface area contributed by atoms with Gasteiger partial charge in [-0.2, -0.15) is 0 Å². The molecule has 1 saturated carbocycles. The van der Waals surface area contributed by atoms with Gasteiger partial charge in [0.2, 0.25) is 0 Å². The molecule has 25 heavy (non-hydrogen) atoms. The summed E-state index contributed by atoms with van der Waals surface area (Å²) in [7, 11) is 1.93. The molecule has 5 nitrogen and oxygen atoms in total. The number of fused-ring (bicyclic) bond motifs is 1. The molecule has 4 rings (SSSR count). The molecule has 0 spiro atoms. The third kappa shape index (κ3) is 3.09. The molecule has 0 radical (unpaired) electrons. The predicted molar refractivity (Wildman–Crippen MR) is 95.0 cm³/mol. The van der Waals surface area contributed by atoms with E-state index in [1.165, 1.54) is 12.8 Å². The topological polar surface area (TPSA) is 47.4 Å².